The van der Waals surface area contributed by atoms with Crippen molar-refractivity contribution >= 4 is 6.03 Å². The molecule has 0 aromatic carbocycles. The van der Waals surface area contributed by atoms with Gasteiger partial charge in [-0.05, 0) is 5.92 Å². The number of carbonyl (C=O) groups is 1. The smallest absolute Gasteiger partial charge is 0.314 e. The molecule has 12 heavy (non-hydrogen) atoms. The molecular formula is C8H16N2O2. The number of primary amides is 1. The van der Waals surface area contributed by atoms with Crippen molar-refractivity contribution < 1.29 is 9.53 Å². The zero-order valence-electron chi connectivity index (χ0n) is 7.62. The molecule has 1 aliphatic rings. The van der Waals surface area contributed by atoms with Crippen molar-refractivity contribution in [2.45, 2.75) is 20.0 Å². The molecule has 1 atom stereocenters. The van der Waals surface area contributed by atoms with E-state index in [1.54, 1.807) is 4.90 Å². The number of hydrogen-bond acceptors (Lipinski definition) is 2. The molecule has 4 nitrogen and oxygen atoms in total. The molecule has 2 N–H and O–H groups in total. The van der Waals surface area contributed by atoms with Gasteiger partial charge in [-0.1, -0.05) is 13.8 Å². The summed E-state index contributed by atoms with van der Waals surface area (Å²) in [5, 5.41) is 0. The van der Waals surface area contributed by atoms with Crippen LogP contribution >= 0.6 is 0 Å². The van der Waals surface area contributed by atoms with Crippen LogP contribution in [0.15, 0.2) is 0 Å². The highest BCUT2D eigenvalue weighted by atomic mass is 16.5. The summed E-state index contributed by atoms with van der Waals surface area (Å²) in [7, 11) is 0. The van der Waals surface area contributed by atoms with E-state index in [1.165, 1.54) is 0 Å². The molecule has 1 heterocycles. The number of rotatable bonds is 1. The van der Waals surface area contributed by atoms with Gasteiger partial charge in [0.25, 0.3) is 0 Å². The third-order valence-corrected chi connectivity index (χ3v) is 2.15. The molecule has 1 rings (SSSR count). The number of nitrogens with zero attached hydrogens (tertiary/aromatic N) is 1. The molecule has 0 aliphatic carbocycles. The van der Waals surface area contributed by atoms with Crippen LogP contribution in [0, 0.1) is 5.92 Å². The van der Waals surface area contributed by atoms with E-state index >= 15 is 0 Å². The number of morpholine rings is 1. The SMILES string of the molecule is CC(C)C1CN(C(N)=O)CCO1. The molecule has 0 bridgehead atoms. The van der Waals surface area contributed by atoms with Crippen molar-refractivity contribution in [1.29, 1.82) is 0 Å². The molecule has 1 saturated heterocycles. The van der Waals surface area contributed by atoms with E-state index in [9.17, 15) is 4.79 Å². The van der Waals surface area contributed by atoms with Crippen LogP contribution in [0.25, 0.3) is 0 Å². The number of amides is 2. The number of hydrogen-bond donors (Lipinski definition) is 1. The van der Waals surface area contributed by atoms with Gasteiger partial charge in [0.05, 0.1) is 12.7 Å². The summed E-state index contributed by atoms with van der Waals surface area (Å²) in [4.78, 5) is 12.4. The van der Waals surface area contributed by atoms with Gasteiger partial charge in [-0.15, -0.1) is 0 Å². The Balaban J connectivity index is 2.46. The standard InChI is InChI=1S/C8H16N2O2/c1-6(2)7-5-10(8(9)11)3-4-12-7/h6-7H,3-5H2,1-2H3,(H2,9,11). The minimum Gasteiger partial charge on any atom is -0.374 e. The van der Waals surface area contributed by atoms with E-state index in [4.69, 9.17) is 10.5 Å². The zero-order chi connectivity index (χ0) is 9.14. The zero-order valence-corrected chi connectivity index (χ0v) is 7.62. The topological polar surface area (TPSA) is 55.6 Å². The van der Waals surface area contributed by atoms with Gasteiger partial charge < -0.3 is 15.4 Å². The Labute approximate surface area is 72.7 Å². The Morgan fingerprint density at radius 3 is 2.83 bits per heavy atom. The van der Waals surface area contributed by atoms with Gasteiger partial charge in [0, 0.05) is 13.1 Å². The average molecular weight is 172 g/mol. The van der Waals surface area contributed by atoms with E-state index in [2.05, 4.69) is 13.8 Å². The van der Waals surface area contributed by atoms with Crippen LogP contribution in [0.4, 0.5) is 4.79 Å². The van der Waals surface area contributed by atoms with Gasteiger partial charge in [-0.3, -0.25) is 0 Å². The van der Waals surface area contributed by atoms with Crippen LogP contribution in [-0.4, -0.2) is 36.7 Å². The predicted octanol–water partition coefficient (Wildman–Crippen LogP) is 0.422. The van der Waals surface area contributed by atoms with Gasteiger partial charge >= 0.3 is 6.03 Å². The quantitative estimate of drug-likeness (QED) is 0.623. The largest absolute Gasteiger partial charge is 0.374 e. The molecule has 0 aromatic heterocycles. The van der Waals surface area contributed by atoms with Crippen molar-refractivity contribution in [2.24, 2.45) is 11.7 Å². The molecule has 1 fully saturated rings. The Bertz CT molecular complexity index is 170. The Morgan fingerprint density at radius 2 is 2.33 bits per heavy atom. The maximum absolute atomic E-state index is 10.8. The first-order valence-corrected chi connectivity index (χ1v) is 4.27. The van der Waals surface area contributed by atoms with Crippen molar-refractivity contribution in [3.63, 3.8) is 0 Å². The second-order valence-corrected chi connectivity index (χ2v) is 3.44. The molecule has 0 aromatic rings. The number of nitrogens with two attached hydrogens (primary N) is 1. The van der Waals surface area contributed by atoms with E-state index in [-0.39, 0.29) is 12.1 Å². The summed E-state index contributed by atoms with van der Waals surface area (Å²) in [5.74, 6) is 0.437. The van der Waals surface area contributed by atoms with Crippen LogP contribution in [0.5, 0.6) is 0 Å². The lowest BCUT2D eigenvalue weighted by Gasteiger charge is -2.33. The lowest BCUT2D eigenvalue weighted by Crippen LogP contribution is -2.49. The molecule has 1 unspecified atom stereocenters. The molecule has 0 spiro atoms. The summed E-state index contributed by atoms with van der Waals surface area (Å²) >= 11 is 0. The third kappa shape index (κ3) is 2.11. The predicted molar refractivity (Wildman–Crippen MR) is 45.7 cm³/mol. The maximum atomic E-state index is 10.8. The van der Waals surface area contributed by atoms with E-state index in [0.717, 1.165) is 0 Å². The van der Waals surface area contributed by atoms with Crippen molar-refractivity contribution in [1.82, 2.24) is 4.90 Å². The lowest BCUT2D eigenvalue weighted by molar-refractivity contribution is -0.0360. The first-order valence-electron chi connectivity index (χ1n) is 4.27. The van der Waals surface area contributed by atoms with Crippen molar-refractivity contribution in [2.75, 3.05) is 19.7 Å². The second-order valence-electron chi connectivity index (χ2n) is 3.44. The fraction of sp³-hybridized carbons (Fsp3) is 0.875. The minimum absolute atomic E-state index is 0.145. The summed E-state index contributed by atoms with van der Waals surface area (Å²) in [6.45, 7) is 6.02. The highest BCUT2D eigenvalue weighted by Crippen LogP contribution is 2.12. The first kappa shape index (κ1) is 9.32. The van der Waals surface area contributed by atoms with Crippen LogP contribution in [0.3, 0.4) is 0 Å². The van der Waals surface area contributed by atoms with Crippen LogP contribution in [0.2, 0.25) is 0 Å². The van der Waals surface area contributed by atoms with Gasteiger partial charge in [0.15, 0.2) is 0 Å². The normalized spacial score (nSPS) is 24.6. The Hall–Kier alpha value is -0.770. The maximum Gasteiger partial charge on any atom is 0.314 e. The van der Waals surface area contributed by atoms with Crippen molar-refractivity contribution in [3.8, 4) is 0 Å². The highest BCUT2D eigenvalue weighted by molar-refractivity contribution is 5.72. The molecular weight excluding hydrogens is 156 g/mol. The number of urea groups is 1. The van der Waals surface area contributed by atoms with Gasteiger partial charge in [0.1, 0.15) is 0 Å². The lowest BCUT2D eigenvalue weighted by atomic mass is 10.1. The fourth-order valence-electron chi connectivity index (χ4n) is 1.28. The first-order chi connectivity index (χ1) is 5.61. The monoisotopic (exact) mass is 172 g/mol. The summed E-state index contributed by atoms with van der Waals surface area (Å²) in [6, 6.07) is -0.344. The number of ether oxygens (including phenoxy) is 1. The molecule has 0 saturated carbocycles. The van der Waals surface area contributed by atoms with Crippen LogP contribution in [0.1, 0.15) is 13.8 Å². The summed E-state index contributed by atoms with van der Waals surface area (Å²) in [5.41, 5.74) is 5.16. The minimum atomic E-state index is -0.344. The summed E-state index contributed by atoms with van der Waals surface area (Å²) < 4.78 is 5.47. The average Bonchev–Trinajstić information content (AvgIpc) is 2.04. The Morgan fingerprint density at radius 1 is 1.67 bits per heavy atom. The third-order valence-electron chi connectivity index (χ3n) is 2.15. The van der Waals surface area contributed by atoms with Crippen LogP contribution < -0.4 is 5.73 Å². The highest BCUT2D eigenvalue weighted by Gasteiger charge is 2.24. The molecule has 70 valence electrons. The van der Waals surface area contributed by atoms with Crippen molar-refractivity contribution in [3.05, 3.63) is 0 Å². The van der Waals surface area contributed by atoms with E-state index in [0.29, 0.717) is 25.6 Å². The van der Waals surface area contributed by atoms with E-state index in [1.807, 2.05) is 0 Å². The summed E-state index contributed by atoms with van der Waals surface area (Å²) in [6.07, 6.45) is 0.145. The van der Waals surface area contributed by atoms with Gasteiger partial charge in [0.2, 0.25) is 0 Å². The number of carbonyl (C=O) groups excluding carboxylic acids is 1. The second kappa shape index (κ2) is 3.76. The fourth-order valence-corrected chi connectivity index (χ4v) is 1.28. The van der Waals surface area contributed by atoms with Gasteiger partial charge in [-0.2, -0.15) is 0 Å². The van der Waals surface area contributed by atoms with Crippen LogP contribution in [-0.2, 0) is 4.74 Å². The molecule has 1 aliphatic heterocycles. The molecule has 2 amide bonds. The molecule has 0 radical (unpaired) electrons. The Kier molecular flexibility index (Phi) is 2.92. The molecule has 4 heteroatoms. The van der Waals surface area contributed by atoms with E-state index < -0.39 is 0 Å². The van der Waals surface area contributed by atoms with Gasteiger partial charge in [-0.25, -0.2) is 4.79 Å².